The molecule has 0 radical (unpaired) electrons. The molecule has 6 heteroatoms. The van der Waals surface area contributed by atoms with Crippen LogP contribution >= 0.6 is 0 Å². The first kappa shape index (κ1) is 13.7. The van der Waals surface area contributed by atoms with E-state index >= 15 is 0 Å². The average Bonchev–Trinajstić information content (AvgIpc) is 2.99. The molecule has 0 heterocycles. The Balaban J connectivity index is 1.63. The number of para-hydroxylation sites is 2. The van der Waals surface area contributed by atoms with Crippen molar-refractivity contribution in [3.05, 3.63) is 24.3 Å². The van der Waals surface area contributed by atoms with Crippen LogP contribution < -0.4 is 15.8 Å². The number of ether oxygens (including phenoxy) is 1. The van der Waals surface area contributed by atoms with Crippen LogP contribution in [0.5, 0.6) is 5.75 Å². The molecule has 1 amide bonds. The van der Waals surface area contributed by atoms with Crippen LogP contribution in [-0.4, -0.2) is 23.6 Å². The number of carbonyl (C=O) groups excluding carboxylic acids is 1. The Morgan fingerprint density at radius 1 is 1.38 bits per heavy atom. The Hall–Kier alpha value is -2.24. The van der Waals surface area contributed by atoms with Crippen LogP contribution in [0.2, 0.25) is 0 Å². The van der Waals surface area contributed by atoms with Crippen molar-refractivity contribution in [2.75, 3.05) is 11.9 Å². The van der Waals surface area contributed by atoms with Gasteiger partial charge in [0.15, 0.2) is 5.84 Å². The molecule has 2 aliphatic carbocycles. The molecular weight excluding hydrogens is 270 g/mol. The topological polar surface area (TPSA) is 96.9 Å². The SMILES string of the molecule is N/C(COc1ccccc1NC(=O)C1C2CCCC21)=N/O. The molecule has 2 fully saturated rings. The van der Waals surface area contributed by atoms with Crippen molar-refractivity contribution in [3.63, 3.8) is 0 Å². The second-order valence-corrected chi connectivity index (χ2v) is 5.65. The van der Waals surface area contributed by atoms with Gasteiger partial charge in [0.05, 0.1) is 5.69 Å². The second-order valence-electron chi connectivity index (χ2n) is 5.65. The predicted octanol–water partition coefficient (Wildman–Crippen LogP) is 1.80. The molecule has 4 N–H and O–H groups in total. The van der Waals surface area contributed by atoms with Gasteiger partial charge in [0.2, 0.25) is 5.91 Å². The number of nitrogens with zero attached hydrogens (tertiary/aromatic N) is 1. The van der Waals surface area contributed by atoms with Crippen molar-refractivity contribution in [1.82, 2.24) is 0 Å². The molecule has 2 atom stereocenters. The first-order valence-corrected chi connectivity index (χ1v) is 7.20. The number of amides is 1. The number of anilines is 1. The number of hydrogen-bond acceptors (Lipinski definition) is 4. The first-order valence-electron chi connectivity index (χ1n) is 7.20. The molecule has 3 rings (SSSR count). The van der Waals surface area contributed by atoms with E-state index in [1.54, 1.807) is 12.1 Å². The number of amidine groups is 1. The van der Waals surface area contributed by atoms with Crippen molar-refractivity contribution in [2.45, 2.75) is 19.3 Å². The number of benzene rings is 1. The number of carbonyl (C=O) groups is 1. The van der Waals surface area contributed by atoms with Crippen LogP contribution in [-0.2, 0) is 4.79 Å². The molecule has 2 saturated carbocycles. The van der Waals surface area contributed by atoms with Gasteiger partial charge in [-0.15, -0.1) is 0 Å². The van der Waals surface area contributed by atoms with E-state index in [2.05, 4.69) is 10.5 Å². The number of oxime groups is 1. The minimum absolute atomic E-state index is 0.0205. The molecule has 2 unspecified atom stereocenters. The van der Waals surface area contributed by atoms with Gasteiger partial charge in [-0.3, -0.25) is 4.79 Å². The van der Waals surface area contributed by atoms with Crippen LogP contribution in [0.15, 0.2) is 29.4 Å². The number of fused-ring (bicyclic) bond motifs is 1. The molecule has 112 valence electrons. The molecule has 1 aromatic rings. The third-order valence-electron chi connectivity index (χ3n) is 4.36. The van der Waals surface area contributed by atoms with Crippen LogP contribution in [0.25, 0.3) is 0 Å². The Morgan fingerprint density at radius 3 is 2.81 bits per heavy atom. The highest BCUT2D eigenvalue weighted by atomic mass is 16.5. The van der Waals surface area contributed by atoms with E-state index in [0.29, 0.717) is 23.3 Å². The fraction of sp³-hybridized carbons (Fsp3) is 0.467. The molecule has 0 spiro atoms. The van der Waals surface area contributed by atoms with Crippen molar-refractivity contribution < 1.29 is 14.7 Å². The van der Waals surface area contributed by atoms with Crippen LogP contribution in [0.3, 0.4) is 0 Å². The van der Waals surface area contributed by atoms with E-state index in [4.69, 9.17) is 15.7 Å². The molecule has 21 heavy (non-hydrogen) atoms. The van der Waals surface area contributed by atoms with Crippen molar-refractivity contribution >= 4 is 17.4 Å². The minimum Gasteiger partial charge on any atom is -0.483 e. The van der Waals surface area contributed by atoms with Gasteiger partial charge in [-0.05, 0) is 36.8 Å². The normalized spacial score (nSPS) is 27.0. The molecule has 0 aliphatic heterocycles. The van der Waals surface area contributed by atoms with Crippen molar-refractivity contribution in [1.29, 1.82) is 0 Å². The van der Waals surface area contributed by atoms with Gasteiger partial charge < -0.3 is 21.0 Å². The van der Waals surface area contributed by atoms with Gasteiger partial charge in [-0.25, -0.2) is 0 Å². The third kappa shape index (κ3) is 2.79. The maximum atomic E-state index is 12.3. The maximum Gasteiger partial charge on any atom is 0.228 e. The summed E-state index contributed by atoms with van der Waals surface area (Å²) in [6.07, 6.45) is 3.59. The summed E-state index contributed by atoms with van der Waals surface area (Å²) in [6.45, 7) is -0.0297. The number of nitrogens with two attached hydrogens (primary N) is 1. The molecule has 0 saturated heterocycles. The lowest BCUT2D eigenvalue weighted by Gasteiger charge is -2.12. The largest absolute Gasteiger partial charge is 0.483 e. The zero-order chi connectivity index (χ0) is 14.8. The zero-order valence-electron chi connectivity index (χ0n) is 11.7. The Kier molecular flexibility index (Phi) is 3.68. The molecule has 6 nitrogen and oxygen atoms in total. The van der Waals surface area contributed by atoms with Gasteiger partial charge in [0.25, 0.3) is 0 Å². The predicted molar refractivity (Wildman–Crippen MR) is 78.3 cm³/mol. The van der Waals surface area contributed by atoms with Gasteiger partial charge in [0.1, 0.15) is 12.4 Å². The fourth-order valence-corrected chi connectivity index (χ4v) is 3.30. The molecule has 2 aliphatic rings. The lowest BCUT2D eigenvalue weighted by atomic mass is 10.1. The Morgan fingerprint density at radius 2 is 2.10 bits per heavy atom. The third-order valence-corrected chi connectivity index (χ3v) is 4.36. The molecule has 0 bridgehead atoms. The standard InChI is InChI=1S/C15H19N3O3/c16-13(18-20)8-21-12-7-2-1-6-11(12)17-15(19)14-9-4-3-5-10(9)14/h1-2,6-7,9-10,14,20H,3-5,8H2,(H2,16,18)(H,17,19). The highest BCUT2D eigenvalue weighted by molar-refractivity contribution is 5.96. The second kappa shape index (κ2) is 5.63. The molecule has 1 aromatic carbocycles. The lowest BCUT2D eigenvalue weighted by Crippen LogP contribution is -2.22. The summed E-state index contributed by atoms with van der Waals surface area (Å²) in [4.78, 5) is 12.3. The number of nitrogens with one attached hydrogen (secondary N) is 1. The fourth-order valence-electron chi connectivity index (χ4n) is 3.30. The number of rotatable bonds is 5. The summed E-state index contributed by atoms with van der Waals surface area (Å²) < 4.78 is 5.45. The van der Waals surface area contributed by atoms with E-state index in [9.17, 15) is 4.79 Å². The molecule has 0 aromatic heterocycles. The van der Waals surface area contributed by atoms with Gasteiger partial charge in [-0.2, -0.15) is 0 Å². The first-order chi connectivity index (χ1) is 10.2. The van der Waals surface area contributed by atoms with Crippen molar-refractivity contribution in [2.24, 2.45) is 28.6 Å². The van der Waals surface area contributed by atoms with E-state index in [1.807, 2.05) is 12.1 Å². The summed E-state index contributed by atoms with van der Waals surface area (Å²) >= 11 is 0. The maximum absolute atomic E-state index is 12.3. The van der Waals surface area contributed by atoms with Crippen LogP contribution in [0, 0.1) is 17.8 Å². The van der Waals surface area contributed by atoms with Crippen LogP contribution in [0.1, 0.15) is 19.3 Å². The summed E-state index contributed by atoms with van der Waals surface area (Å²) in [5.74, 6) is 1.89. The highest BCUT2D eigenvalue weighted by Gasteiger charge is 2.56. The minimum atomic E-state index is -0.0297. The zero-order valence-corrected chi connectivity index (χ0v) is 11.7. The Bertz CT molecular complexity index is 563. The summed E-state index contributed by atoms with van der Waals surface area (Å²) in [6, 6.07) is 7.18. The van der Waals surface area contributed by atoms with E-state index in [1.165, 1.54) is 19.3 Å². The Labute approximate surface area is 123 Å². The lowest BCUT2D eigenvalue weighted by molar-refractivity contribution is -0.118. The van der Waals surface area contributed by atoms with Gasteiger partial charge in [0, 0.05) is 5.92 Å². The summed E-state index contributed by atoms with van der Waals surface area (Å²) in [5.41, 5.74) is 6.00. The quantitative estimate of drug-likeness (QED) is 0.333. The van der Waals surface area contributed by atoms with Crippen LogP contribution in [0.4, 0.5) is 5.69 Å². The number of hydrogen-bond donors (Lipinski definition) is 3. The van der Waals surface area contributed by atoms with E-state index in [-0.39, 0.29) is 24.3 Å². The average molecular weight is 289 g/mol. The van der Waals surface area contributed by atoms with E-state index < -0.39 is 0 Å². The van der Waals surface area contributed by atoms with Crippen molar-refractivity contribution in [3.8, 4) is 5.75 Å². The molecular formula is C15H19N3O3. The van der Waals surface area contributed by atoms with Gasteiger partial charge in [-0.1, -0.05) is 23.7 Å². The smallest absolute Gasteiger partial charge is 0.228 e. The monoisotopic (exact) mass is 289 g/mol. The highest BCUT2D eigenvalue weighted by Crippen LogP contribution is 2.57. The van der Waals surface area contributed by atoms with Gasteiger partial charge >= 0.3 is 0 Å². The van der Waals surface area contributed by atoms with E-state index in [0.717, 1.165) is 0 Å². The summed E-state index contributed by atoms with van der Waals surface area (Å²) in [5, 5.41) is 14.3. The summed E-state index contributed by atoms with van der Waals surface area (Å²) in [7, 11) is 0.